The molecule has 0 rings (SSSR count). The fourth-order valence-electron chi connectivity index (χ4n) is 0.408. The third-order valence-corrected chi connectivity index (χ3v) is 5.06. The van der Waals surface area contributed by atoms with Gasteiger partial charge in [0.25, 0.3) is 0 Å². The Morgan fingerprint density at radius 2 is 2.22 bits per heavy atom. The Kier molecular flexibility index (Phi) is 4.39. The zero-order chi connectivity index (χ0) is 7.49. The van der Waals surface area contributed by atoms with Crippen molar-refractivity contribution in [1.29, 1.82) is 0 Å². The van der Waals surface area contributed by atoms with Gasteiger partial charge in [-0.05, 0) is 13.1 Å². The number of hydrogen-bond acceptors (Lipinski definition) is 2. The first kappa shape index (κ1) is 9.96. The summed E-state index contributed by atoms with van der Waals surface area (Å²) in [5.74, 6) is 0. The van der Waals surface area contributed by atoms with Crippen LogP contribution in [-0.4, -0.2) is 16.8 Å². The van der Waals surface area contributed by atoms with Gasteiger partial charge in [0.2, 0.25) is 0 Å². The Morgan fingerprint density at radius 3 is 2.33 bits per heavy atom. The first-order valence-electron chi connectivity index (χ1n) is 2.94. The molecule has 2 unspecified atom stereocenters. The van der Waals surface area contributed by atoms with Crippen LogP contribution in [0.2, 0.25) is 0 Å². The normalized spacial score (nSPS) is 20.9. The van der Waals surface area contributed by atoms with Crippen LogP contribution in [0.3, 0.4) is 0 Å². The molecule has 4 heteroatoms. The lowest BCUT2D eigenvalue weighted by atomic mass is 10.4. The minimum atomic E-state index is -1.99. The van der Waals surface area contributed by atoms with Crippen LogP contribution in [0.15, 0.2) is 0 Å². The van der Waals surface area contributed by atoms with E-state index in [0.717, 1.165) is 6.42 Å². The van der Waals surface area contributed by atoms with Crippen LogP contribution in [0.1, 0.15) is 20.3 Å². The molecule has 0 fully saturated rings. The standard InChI is InChI=1S/C5H13OPS2/c1-4-5(2)9-7(3,6)8/h5H,4H2,1-3H3,(H,6,8). The van der Waals surface area contributed by atoms with Crippen molar-refractivity contribution in [1.82, 2.24) is 0 Å². The van der Waals surface area contributed by atoms with Crippen LogP contribution in [0, 0.1) is 0 Å². The van der Waals surface area contributed by atoms with Gasteiger partial charge in [-0.15, -0.1) is 0 Å². The molecule has 0 aliphatic heterocycles. The van der Waals surface area contributed by atoms with Gasteiger partial charge in [0, 0.05) is 5.25 Å². The van der Waals surface area contributed by atoms with Gasteiger partial charge < -0.3 is 4.89 Å². The Morgan fingerprint density at radius 1 is 1.78 bits per heavy atom. The molecule has 0 amide bonds. The predicted molar refractivity (Wildman–Crippen MR) is 49.8 cm³/mol. The SMILES string of the molecule is CCC(C)SP(C)(O)=S. The molecular formula is C5H13OPS2. The molecule has 0 bridgehead atoms. The van der Waals surface area contributed by atoms with Gasteiger partial charge in [-0.3, -0.25) is 0 Å². The highest BCUT2D eigenvalue weighted by Gasteiger charge is 2.09. The smallest absolute Gasteiger partial charge is 0.114 e. The largest absolute Gasteiger partial charge is 0.357 e. The minimum absolute atomic E-state index is 0.505. The summed E-state index contributed by atoms with van der Waals surface area (Å²) < 4.78 is 0. The van der Waals surface area contributed by atoms with Crippen LogP contribution in [0.25, 0.3) is 0 Å². The van der Waals surface area contributed by atoms with Crippen molar-refractivity contribution in [2.24, 2.45) is 0 Å². The van der Waals surface area contributed by atoms with E-state index in [0.29, 0.717) is 5.25 Å². The van der Waals surface area contributed by atoms with Crippen LogP contribution in [0.4, 0.5) is 0 Å². The van der Waals surface area contributed by atoms with Crippen molar-refractivity contribution in [2.75, 3.05) is 6.66 Å². The molecule has 2 atom stereocenters. The molecule has 0 aromatic rings. The second kappa shape index (κ2) is 3.97. The lowest BCUT2D eigenvalue weighted by Crippen LogP contribution is -1.90. The average molecular weight is 184 g/mol. The van der Waals surface area contributed by atoms with Crippen LogP contribution in [-0.2, 0) is 11.8 Å². The van der Waals surface area contributed by atoms with Gasteiger partial charge in [-0.25, -0.2) is 0 Å². The molecular weight excluding hydrogens is 171 g/mol. The molecule has 0 saturated carbocycles. The summed E-state index contributed by atoms with van der Waals surface area (Å²) in [6.07, 6.45) is 1.08. The van der Waals surface area contributed by atoms with Crippen molar-refractivity contribution in [2.45, 2.75) is 25.5 Å². The third kappa shape index (κ3) is 6.85. The summed E-state index contributed by atoms with van der Waals surface area (Å²) in [5.41, 5.74) is -1.99. The van der Waals surface area contributed by atoms with Gasteiger partial charge in [-0.1, -0.05) is 37.0 Å². The van der Waals surface area contributed by atoms with Gasteiger partial charge >= 0.3 is 0 Å². The Balaban J connectivity index is 3.60. The second-order valence-electron chi connectivity index (χ2n) is 2.13. The van der Waals surface area contributed by atoms with Crippen molar-refractivity contribution < 1.29 is 4.89 Å². The van der Waals surface area contributed by atoms with E-state index in [-0.39, 0.29) is 0 Å². The van der Waals surface area contributed by atoms with Crippen molar-refractivity contribution in [3.05, 3.63) is 0 Å². The van der Waals surface area contributed by atoms with E-state index in [9.17, 15) is 4.89 Å². The number of hydrogen-bond donors (Lipinski definition) is 1. The first-order chi connectivity index (χ1) is 3.95. The molecule has 1 N–H and O–H groups in total. The molecule has 0 aliphatic carbocycles. The molecule has 0 heterocycles. The zero-order valence-corrected chi connectivity index (χ0v) is 8.52. The molecule has 0 radical (unpaired) electrons. The summed E-state index contributed by atoms with van der Waals surface area (Å²) in [6.45, 7) is 5.94. The van der Waals surface area contributed by atoms with Gasteiger partial charge in [0.05, 0.1) is 0 Å². The lowest BCUT2D eigenvalue weighted by molar-refractivity contribution is 0.644. The molecule has 0 spiro atoms. The van der Waals surface area contributed by atoms with E-state index in [4.69, 9.17) is 11.8 Å². The fourth-order valence-corrected chi connectivity index (χ4v) is 5.00. The molecule has 1 nitrogen and oxygen atoms in total. The van der Waals surface area contributed by atoms with E-state index in [1.165, 1.54) is 11.4 Å². The Bertz CT molecular complexity index is 120. The molecule has 56 valence electrons. The molecule has 0 saturated heterocycles. The maximum Gasteiger partial charge on any atom is 0.114 e. The molecule has 0 aliphatic rings. The van der Waals surface area contributed by atoms with Gasteiger partial charge in [0.1, 0.15) is 5.47 Å². The van der Waals surface area contributed by atoms with Crippen LogP contribution in [0.5, 0.6) is 0 Å². The van der Waals surface area contributed by atoms with E-state index in [2.05, 4.69) is 13.8 Å². The van der Waals surface area contributed by atoms with Crippen LogP contribution < -0.4 is 0 Å². The summed E-state index contributed by atoms with van der Waals surface area (Å²) in [7, 11) is 0. The average Bonchev–Trinajstić information content (AvgIpc) is 1.62. The zero-order valence-electron chi connectivity index (χ0n) is 6.00. The monoisotopic (exact) mass is 184 g/mol. The minimum Gasteiger partial charge on any atom is -0.357 e. The van der Waals surface area contributed by atoms with E-state index < -0.39 is 5.47 Å². The summed E-state index contributed by atoms with van der Waals surface area (Å²) in [6, 6.07) is 0. The van der Waals surface area contributed by atoms with Crippen molar-refractivity contribution >= 4 is 28.7 Å². The molecule has 0 aromatic carbocycles. The highest BCUT2D eigenvalue weighted by atomic mass is 32.9. The Hall–Kier alpha value is 0.960. The van der Waals surface area contributed by atoms with E-state index >= 15 is 0 Å². The quantitative estimate of drug-likeness (QED) is 0.680. The maximum absolute atomic E-state index is 9.21. The van der Waals surface area contributed by atoms with Crippen molar-refractivity contribution in [3.8, 4) is 0 Å². The summed E-state index contributed by atoms with van der Waals surface area (Å²) in [4.78, 5) is 9.21. The highest BCUT2D eigenvalue weighted by Crippen LogP contribution is 2.53. The topological polar surface area (TPSA) is 20.2 Å². The molecule has 0 aromatic heterocycles. The van der Waals surface area contributed by atoms with E-state index in [1.54, 1.807) is 6.66 Å². The predicted octanol–water partition coefficient (Wildman–Crippen LogP) is 2.45. The van der Waals surface area contributed by atoms with Crippen molar-refractivity contribution in [3.63, 3.8) is 0 Å². The lowest BCUT2D eigenvalue weighted by Gasteiger charge is -2.12. The number of rotatable bonds is 3. The first-order valence-corrected chi connectivity index (χ1v) is 7.63. The third-order valence-electron chi connectivity index (χ3n) is 0.950. The highest BCUT2D eigenvalue weighted by molar-refractivity contribution is 8.69. The summed E-state index contributed by atoms with van der Waals surface area (Å²) in [5, 5.41) is 0.505. The Labute approximate surface area is 66.1 Å². The summed E-state index contributed by atoms with van der Waals surface area (Å²) >= 11 is 6.40. The van der Waals surface area contributed by atoms with Gasteiger partial charge in [0.15, 0.2) is 0 Å². The van der Waals surface area contributed by atoms with Gasteiger partial charge in [-0.2, -0.15) is 0 Å². The molecule has 9 heavy (non-hydrogen) atoms. The van der Waals surface area contributed by atoms with E-state index in [1.807, 2.05) is 0 Å². The second-order valence-corrected chi connectivity index (χ2v) is 10.3. The fraction of sp³-hybridized carbons (Fsp3) is 1.00. The maximum atomic E-state index is 9.21. The van der Waals surface area contributed by atoms with Crippen LogP contribution >= 0.6 is 16.8 Å².